The number of fused-ring (bicyclic) bond motifs is 2. The van der Waals surface area contributed by atoms with Gasteiger partial charge in [-0.3, -0.25) is 9.59 Å². The van der Waals surface area contributed by atoms with E-state index in [0.717, 1.165) is 60.7 Å². The number of thiazole rings is 2. The summed E-state index contributed by atoms with van der Waals surface area (Å²) in [5.41, 5.74) is 3.22. The summed E-state index contributed by atoms with van der Waals surface area (Å²) < 4.78 is 17.2. The molecule has 0 saturated carbocycles. The monoisotopic (exact) mass is 862 g/mol. The van der Waals surface area contributed by atoms with Crippen LogP contribution in [0.2, 0.25) is 19.1 Å². The highest BCUT2D eigenvalue weighted by molar-refractivity contribution is 7.23. The number of nitrogens with one attached hydrogen (secondary N) is 4. The van der Waals surface area contributed by atoms with E-state index in [-0.39, 0.29) is 35.7 Å². The Bertz CT molecular complexity index is 2320. The van der Waals surface area contributed by atoms with Crippen LogP contribution in [0.4, 0.5) is 9.59 Å². The number of benzene rings is 1. The molecule has 0 aliphatic carbocycles. The third kappa shape index (κ3) is 8.31. The normalized spacial score (nSPS) is 20.7. The fourth-order valence-corrected chi connectivity index (χ4v) is 13.3. The van der Waals surface area contributed by atoms with Crippen molar-refractivity contribution in [1.29, 1.82) is 0 Å². The van der Waals surface area contributed by atoms with Crippen molar-refractivity contribution in [3.05, 3.63) is 36.2 Å². The number of aromatic nitrogens is 6. The lowest BCUT2D eigenvalue weighted by Crippen LogP contribution is -2.53. The lowest BCUT2D eigenvalue weighted by atomic mass is 9.90. The third-order valence-electron chi connectivity index (χ3n) is 11.6. The maximum Gasteiger partial charge on any atom is 0.407 e. The molecule has 314 valence electrons. The molecule has 3 fully saturated rings. The van der Waals surface area contributed by atoms with Crippen molar-refractivity contribution in [2.45, 2.75) is 82.8 Å². The van der Waals surface area contributed by atoms with E-state index >= 15 is 0 Å². The van der Waals surface area contributed by atoms with Crippen LogP contribution in [0.25, 0.3) is 41.8 Å². The number of methoxy groups -OCH3 is 2. The molecule has 3 aliphatic heterocycles. The minimum absolute atomic E-state index is 0.0459. The van der Waals surface area contributed by atoms with Crippen molar-refractivity contribution in [3.8, 4) is 21.4 Å². The maximum atomic E-state index is 14.3. The third-order valence-corrected chi connectivity index (χ3v) is 16.4. The number of amides is 4. The molecule has 0 radical (unpaired) electrons. The van der Waals surface area contributed by atoms with Crippen molar-refractivity contribution in [1.82, 2.24) is 50.3 Å². The molecule has 0 spiro atoms. The van der Waals surface area contributed by atoms with E-state index in [1.165, 1.54) is 25.6 Å². The van der Waals surface area contributed by atoms with Crippen molar-refractivity contribution in [2.75, 3.05) is 40.1 Å². The molecule has 8 rings (SSSR count). The van der Waals surface area contributed by atoms with Crippen LogP contribution in [-0.2, 0) is 23.8 Å². The Morgan fingerprint density at radius 1 is 0.831 bits per heavy atom. The largest absolute Gasteiger partial charge is 0.453 e. The van der Waals surface area contributed by atoms with E-state index in [0.29, 0.717) is 50.4 Å². The van der Waals surface area contributed by atoms with Crippen molar-refractivity contribution >= 4 is 75.2 Å². The molecule has 3 saturated heterocycles. The molecule has 17 nitrogen and oxygen atoms in total. The maximum absolute atomic E-state index is 14.3. The Morgan fingerprint density at radius 2 is 1.41 bits per heavy atom. The minimum Gasteiger partial charge on any atom is -0.453 e. The Labute approximate surface area is 350 Å². The van der Waals surface area contributed by atoms with Gasteiger partial charge in [0.25, 0.3) is 0 Å². The van der Waals surface area contributed by atoms with Gasteiger partial charge in [0.15, 0.2) is 0 Å². The number of hydrogen-bond acceptors (Lipinski definition) is 13. The number of alkyl carbamates (subject to hydrolysis) is 2. The molecule has 0 bridgehead atoms. The van der Waals surface area contributed by atoms with Crippen LogP contribution in [0.15, 0.2) is 24.5 Å². The standard InChI is InChI=1S/C39H50N10O7S2Si/c1-20(2)30(46-38(52)54-3)36(50)48-11-7-8-26(48)32-40-16-24(42-32)34-44-22-14-29-23(15-28(22)57-34)45-35(58-29)25-17-41-33(43-25)27-18-59(5,6)19-49(27)37(51)31(47-39(53)55-4)21-9-12-56-13-10-21/h14-17,20-21,26-27,30-31H,7-13,18-19H2,1-6H3,(H,40,42)(H,41,43)(H,46,52)(H,47,53)/t26-,27-,30-,31-/m0/s1. The Morgan fingerprint density at radius 3 is 1.98 bits per heavy atom. The van der Waals surface area contributed by atoms with Gasteiger partial charge in [-0.05, 0) is 55.7 Å². The zero-order valence-electron chi connectivity index (χ0n) is 34.0. The number of rotatable bonds is 10. The average molecular weight is 863 g/mol. The Balaban J connectivity index is 0.996. The molecule has 0 unspecified atom stereocenters. The van der Waals surface area contributed by atoms with E-state index in [1.807, 2.05) is 30.9 Å². The van der Waals surface area contributed by atoms with E-state index < -0.39 is 32.3 Å². The van der Waals surface area contributed by atoms with Crippen LogP contribution in [0.3, 0.4) is 0 Å². The summed E-state index contributed by atoms with van der Waals surface area (Å²) in [7, 11) is 0.786. The van der Waals surface area contributed by atoms with E-state index in [9.17, 15) is 19.2 Å². The molecular formula is C39H50N10O7S2Si. The number of hydrogen-bond donors (Lipinski definition) is 4. The van der Waals surface area contributed by atoms with Gasteiger partial charge in [0, 0.05) is 25.9 Å². The lowest BCUT2D eigenvalue weighted by molar-refractivity contribution is -0.136. The van der Waals surface area contributed by atoms with Crippen LogP contribution in [0.5, 0.6) is 0 Å². The summed E-state index contributed by atoms with van der Waals surface area (Å²) in [6, 6.07) is 3.04. The van der Waals surface area contributed by atoms with Gasteiger partial charge in [0.05, 0.1) is 78.6 Å². The van der Waals surface area contributed by atoms with Gasteiger partial charge in [-0.25, -0.2) is 29.5 Å². The number of nitrogens with zero attached hydrogens (tertiary/aromatic N) is 6. The summed E-state index contributed by atoms with van der Waals surface area (Å²) in [5, 5.41) is 7.10. The summed E-state index contributed by atoms with van der Waals surface area (Å²) in [6.45, 7) is 10.0. The Hall–Kier alpha value is -4.92. The molecule has 7 heterocycles. The Kier molecular flexibility index (Phi) is 11.5. The SMILES string of the molecule is COC(=O)N[C@H](C(=O)N1CCC[C@H]1c1ncc(-c2nc3cc4sc(-c5cnc([C@@H]6C[Si](C)(C)CN6C(=O)[C@@H](NC(=O)OC)C6CCOCC6)[nH]5)nc4cc3s2)[nH]1)C(C)C. The highest BCUT2D eigenvalue weighted by Gasteiger charge is 2.47. The fraction of sp³-hybridized carbons (Fsp3) is 0.538. The van der Waals surface area contributed by atoms with Crippen LogP contribution < -0.4 is 10.6 Å². The van der Waals surface area contributed by atoms with Crippen LogP contribution in [0, 0.1) is 11.8 Å². The molecule has 1 aromatic carbocycles. The smallest absolute Gasteiger partial charge is 0.407 e. The van der Waals surface area contributed by atoms with Gasteiger partial charge in [0.1, 0.15) is 33.7 Å². The first kappa shape index (κ1) is 40.8. The van der Waals surface area contributed by atoms with Crippen LogP contribution >= 0.6 is 22.7 Å². The summed E-state index contributed by atoms with van der Waals surface area (Å²) in [4.78, 5) is 82.4. The number of imidazole rings is 2. The van der Waals surface area contributed by atoms with E-state index in [2.05, 4.69) is 38.7 Å². The number of carbonyl (C=O) groups is 4. The molecule has 4 aromatic heterocycles. The molecule has 4 N–H and O–H groups in total. The lowest BCUT2D eigenvalue weighted by Gasteiger charge is -2.34. The first-order valence-electron chi connectivity index (χ1n) is 20.0. The molecular weight excluding hydrogens is 813 g/mol. The van der Waals surface area contributed by atoms with Gasteiger partial charge >= 0.3 is 12.2 Å². The topological polar surface area (TPSA) is 210 Å². The molecule has 3 aliphatic rings. The molecule has 59 heavy (non-hydrogen) atoms. The second kappa shape index (κ2) is 16.6. The summed E-state index contributed by atoms with van der Waals surface area (Å²) in [6.07, 6.45) is 5.91. The van der Waals surface area contributed by atoms with Gasteiger partial charge in [-0.1, -0.05) is 26.9 Å². The van der Waals surface area contributed by atoms with E-state index in [4.69, 9.17) is 29.2 Å². The number of likely N-dealkylation sites (tertiary alicyclic amines) is 1. The second-order valence-electron chi connectivity index (χ2n) is 16.7. The predicted octanol–water partition coefficient (Wildman–Crippen LogP) is 6.01. The van der Waals surface area contributed by atoms with Crippen molar-refractivity contribution < 1.29 is 33.4 Å². The van der Waals surface area contributed by atoms with Gasteiger partial charge in [0.2, 0.25) is 11.8 Å². The fourth-order valence-electron chi connectivity index (χ4n) is 8.54. The van der Waals surface area contributed by atoms with Gasteiger partial charge in [-0.2, -0.15) is 0 Å². The van der Waals surface area contributed by atoms with Gasteiger partial charge in [-0.15, -0.1) is 22.7 Å². The highest BCUT2D eigenvalue weighted by Crippen LogP contribution is 2.41. The van der Waals surface area contributed by atoms with E-state index in [1.54, 1.807) is 28.6 Å². The number of aromatic amines is 2. The number of H-pyrrole nitrogens is 2. The van der Waals surface area contributed by atoms with Crippen molar-refractivity contribution in [2.24, 2.45) is 11.8 Å². The molecule has 4 amide bonds. The number of ether oxygens (including phenoxy) is 3. The predicted molar refractivity (Wildman–Crippen MR) is 225 cm³/mol. The zero-order chi connectivity index (χ0) is 41.6. The highest BCUT2D eigenvalue weighted by atomic mass is 32.1. The molecule has 20 heteroatoms. The average Bonchev–Trinajstić information content (AvgIpc) is 4.08. The molecule has 5 aromatic rings. The zero-order valence-corrected chi connectivity index (χ0v) is 36.6. The first-order valence-corrected chi connectivity index (χ1v) is 25.1. The second-order valence-corrected chi connectivity index (χ2v) is 23.8. The number of carbonyl (C=O) groups excluding carboxylic acids is 4. The van der Waals surface area contributed by atoms with Crippen LogP contribution in [-0.4, -0.2) is 124 Å². The van der Waals surface area contributed by atoms with Crippen LogP contribution in [0.1, 0.15) is 63.3 Å². The van der Waals surface area contributed by atoms with Gasteiger partial charge < -0.3 is 44.6 Å². The van der Waals surface area contributed by atoms with Crippen molar-refractivity contribution in [3.63, 3.8) is 0 Å². The summed E-state index contributed by atoms with van der Waals surface area (Å²) >= 11 is 3.08. The first-order chi connectivity index (χ1) is 28.3. The molecule has 4 atom stereocenters. The quantitative estimate of drug-likeness (QED) is 0.120. The summed E-state index contributed by atoms with van der Waals surface area (Å²) in [5.74, 6) is 0.962. The minimum atomic E-state index is -1.81.